The normalized spacial score (nSPS) is 47.9. The van der Waals surface area contributed by atoms with E-state index >= 15 is 0 Å². The summed E-state index contributed by atoms with van der Waals surface area (Å²) in [4.78, 5) is 13.7. The van der Waals surface area contributed by atoms with Gasteiger partial charge in [0.25, 0.3) is 0 Å². The summed E-state index contributed by atoms with van der Waals surface area (Å²) in [6, 6.07) is 0. The highest BCUT2D eigenvalue weighted by Gasteiger charge is 2.59. The molecule has 0 unspecified atom stereocenters. The molecule has 3 saturated carbocycles. The molecule has 2 heteroatoms. The molecular formula is C13H22NO+. The first-order chi connectivity index (χ1) is 7.18. The molecule has 3 fully saturated rings. The number of ketones is 1. The van der Waals surface area contributed by atoms with E-state index in [1.165, 1.54) is 30.6 Å². The third-order valence-corrected chi connectivity index (χ3v) is 5.09. The first-order valence-electron chi connectivity index (χ1n) is 6.51. The molecule has 0 saturated heterocycles. The van der Waals surface area contributed by atoms with Crippen LogP contribution in [0.5, 0.6) is 0 Å². The van der Waals surface area contributed by atoms with E-state index < -0.39 is 0 Å². The number of carbonyl (C=O) groups is 1. The van der Waals surface area contributed by atoms with Crippen LogP contribution in [-0.2, 0) is 4.79 Å². The van der Waals surface area contributed by atoms with E-state index in [1.807, 2.05) is 0 Å². The van der Waals surface area contributed by atoms with Gasteiger partial charge in [0.15, 0.2) is 0 Å². The Hall–Kier alpha value is -0.370. The second kappa shape index (κ2) is 3.31. The molecule has 5 atom stereocenters. The molecule has 0 spiro atoms. The lowest BCUT2D eigenvalue weighted by atomic mass is 9.75. The molecule has 84 valence electrons. The third-order valence-electron chi connectivity index (χ3n) is 5.09. The fraction of sp³-hybridized carbons (Fsp3) is 0.923. The quantitative estimate of drug-likeness (QED) is 0.696. The summed E-state index contributed by atoms with van der Waals surface area (Å²) in [7, 11) is 4.34. The van der Waals surface area contributed by atoms with E-state index in [0.717, 1.165) is 24.3 Å². The van der Waals surface area contributed by atoms with Crippen molar-refractivity contribution < 1.29 is 9.69 Å². The summed E-state index contributed by atoms with van der Waals surface area (Å²) in [5.41, 5.74) is 0. The molecule has 0 aromatic carbocycles. The van der Waals surface area contributed by atoms with Crippen LogP contribution in [0.4, 0.5) is 0 Å². The summed E-state index contributed by atoms with van der Waals surface area (Å²) < 4.78 is 0. The van der Waals surface area contributed by atoms with Crippen LogP contribution in [-0.4, -0.2) is 26.4 Å². The first-order valence-corrected chi connectivity index (χ1v) is 6.51. The molecule has 0 radical (unpaired) electrons. The number of carbonyl (C=O) groups excluding carboxylic acids is 1. The smallest absolute Gasteiger partial charge is 0.145 e. The molecule has 0 aromatic heterocycles. The number of hydrogen-bond acceptors (Lipinski definition) is 1. The Balaban J connectivity index is 1.81. The second-order valence-corrected chi connectivity index (χ2v) is 6.18. The number of hydrogen-bond donors (Lipinski definition) is 1. The minimum Gasteiger partial charge on any atom is -0.339 e. The van der Waals surface area contributed by atoms with Crippen molar-refractivity contribution in [3.8, 4) is 0 Å². The maximum atomic E-state index is 12.2. The average molecular weight is 208 g/mol. The van der Waals surface area contributed by atoms with E-state index in [4.69, 9.17) is 0 Å². The molecular weight excluding hydrogens is 186 g/mol. The zero-order valence-corrected chi connectivity index (χ0v) is 9.83. The molecule has 0 amide bonds. The van der Waals surface area contributed by atoms with Crippen LogP contribution >= 0.6 is 0 Å². The number of nitrogens with one attached hydrogen (secondary N) is 1. The van der Waals surface area contributed by atoms with Gasteiger partial charge >= 0.3 is 0 Å². The number of Topliss-reactive ketones (excluding diaryl/α,β-unsaturated/α-hetero) is 1. The Bertz CT molecular complexity index is 286. The number of rotatable bonds is 2. The molecule has 0 heterocycles. The van der Waals surface area contributed by atoms with E-state index in [1.54, 1.807) is 0 Å². The predicted octanol–water partition coefficient (Wildman–Crippen LogP) is 0.382. The highest BCUT2D eigenvalue weighted by atomic mass is 16.1. The van der Waals surface area contributed by atoms with Crippen LogP contribution in [0.1, 0.15) is 25.7 Å². The summed E-state index contributed by atoms with van der Waals surface area (Å²) in [6.45, 7) is 1.07. The molecule has 2 bridgehead atoms. The lowest BCUT2D eigenvalue weighted by Crippen LogP contribution is -3.06. The van der Waals surface area contributed by atoms with Crippen LogP contribution < -0.4 is 4.90 Å². The molecule has 3 rings (SSSR count). The Morgan fingerprint density at radius 2 is 1.93 bits per heavy atom. The molecule has 15 heavy (non-hydrogen) atoms. The molecule has 0 aromatic rings. The molecule has 1 N–H and O–H groups in total. The standard InChI is InChI=1S/C13H21NO/c1-14(2)7-12-10-6-11(13(12)15)9-5-3-4-8(9)10/h8-12H,3-7H2,1-2H3/p+1/t8-,9-,10-,11+,12-/m0/s1. The fourth-order valence-corrected chi connectivity index (χ4v) is 4.66. The molecule has 3 aliphatic rings. The maximum absolute atomic E-state index is 12.2. The van der Waals surface area contributed by atoms with E-state index in [2.05, 4.69) is 14.1 Å². The summed E-state index contributed by atoms with van der Waals surface area (Å²) in [6.07, 6.45) is 5.39. The number of quaternary nitrogens is 1. The van der Waals surface area contributed by atoms with Gasteiger partial charge in [0.2, 0.25) is 0 Å². The van der Waals surface area contributed by atoms with E-state index in [-0.39, 0.29) is 0 Å². The molecule has 2 nitrogen and oxygen atoms in total. The van der Waals surface area contributed by atoms with Crippen LogP contribution in [0, 0.1) is 29.6 Å². The topological polar surface area (TPSA) is 21.5 Å². The van der Waals surface area contributed by atoms with Crippen molar-refractivity contribution in [1.82, 2.24) is 0 Å². The lowest BCUT2D eigenvalue weighted by molar-refractivity contribution is -0.861. The second-order valence-electron chi connectivity index (χ2n) is 6.18. The Labute approximate surface area is 92.0 Å². The van der Waals surface area contributed by atoms with Gasteiger partial charge in [0.1, 0.15) is 5.78 Å². The van der Waals surface area contributed by atoms with Crippen molar-refractivity contribution in [3.05, 3.63) is 0 Å². The van der Waals surface area contributed by atoms with Gasteiger partial charge in [-0.3, -0.25) is 4.79 Å². The SMILES string of the molecule is C[NH+](C)C[C@@H]1C(=O)[C@@H]2C[C@H]1[C@H]1CCC[C@@H]12. The lowest BCUT2D eigenvalue weighted by Gasteiger charge is -2.30. The van der Waals surface area contributed by atoms with Crippen molar-refractivity contribution in [1.29, 1.82) is 0 Å². The van der Waals surface area contributed by atoms with Crippen molar-refractivity contribution in [2.75, 3.05) is 20.6 Å². The fourth-order valence-electron chi connectivity index (χ4n) is 4.66. The summed E-state index contributed by atoms with van der Waals surface area (Å²) >= 11 is 0. The van der Waals surface area contributed by atoms with Gasteiger partial charge in [-0.1, -0.05) is 6.42 Å². The van der Waals surface area contributed by atoms with Crippen molar-refractivity contribution in [2.45, 2.75) is 25.7 Å². The highest BCUT2D eigenvalue weighted by molar-refractivity contribution is 5.87. The van der Waals surface area contributed by atoms with Gasteiger partial charge in [-0.25, -0.2) is 0 Å². The minimum absolute atomic E-state index is 0.416. The zero-order valence-electron chi connectivity index (χ0n) is 9.83. The number of fused-ring (bicyclic) bond motifs is 5. The van der Waals surface area contributed by atoms with Crippen molar-refractivity contribution in [2.24, 2.45) is 29.6 Å². The third kappa shape index (κ3) is 1.30. The first kappa shape index (κ1) is 9.83. The van der Waals surface area contributed by atoms with Gasteiger partial charge in [-0.05, 0) is 37.0 Å². The zero-order chi connectivity index (χ0) is 10.6. The Morgan fingerprint density at radius 1 is 1.20 bits per heavy atom. The molecule has 3 aliphatic carbocycles. The van der Waals surface area contributed by atoms with Crippen molar-refractivity contribution >= 4 is 5.78 Å². The average Bonchev–Trinajstić information content (AvgIpc) is 2.77. The predicted molar refractivity (Wildman–Crippen MR) is 58.6 cm³/mol. The summed E-state index contributed by atoms with van der Waals surface area (Å²) in [5.74, 6) is 4.02. The maximum Gasteiger partial charge on any atom is 0.145 e. The summed E-state index contributed by atoms with van der Waals surface area (Å²) in [5, 5.41) is 0. The van der Waals surface area contributed by atoms with Crippen molar-refractivity contribution in [3.63, 3.8) is 0 Å². The van der Waals surface area contributed by atoms with Gasteiger partial charge in [0, 0.05) is 5.92 Å². The highest BCUT2D eigenvalue weighted by Crippen LogP contribution is 2.58. The Morgan fingerprint density at radius 3 is 2.67 bits per heavy atom. The monoisotopic (exact) mass is 208 g/mol. The van der Waals surface area contributed by atoms with E-state index in [9.17, 15) is 4.79 Å². The van der Waals surface area contributed by atoms with Gasteiger partial charge < -0.3 is 4.90 Å². The van der Waals surface area contributed by atoms with Gasteiger partial charge in [-0.15, -0.1) is 0 Å². The van der Waals surface area contributed by atoms with Gasteiger partial charge in [0.05, 0.1) is 26.6 Å². The van der Waals surface area contributed by atoms with Crippen LogP contribution in [0.15, 0.2) is 0 Å². The minimum atomic E-state index is 0.416. The van der Waals surface area contributed by atoms with Crippen LogP contribution in [0.2, 0.25) is 0 Å². The van der Waals surface area contributed by atoms with Gasteiger partial charge in [-0.2, -0.15) is 0 Å². The largest absolute Gasteiger partial charge is 0.339 e. The van der Waals surface area contributed by atoms with Crippen LogP contribution in [0.25, 0.3) is 0 Å². The van der Waals surface area contributed by atoms with Crippen LogP contribution in [0.3, 0.4) is 0 Å². The molecule has 0 aliphatic heterocycles. The Kier molecular flexibility index (Phi) is 2.17. The van der Waals surface area contributed by atoms with E-state index in [0.29, 0.717) is 17.6 Å².